The second kappa shape index (κ2) is 14.9. The van der Waals surface area contributed by atoms with Crippen LogP contribution in [0.25, 0.3) is 0 Å². The molecule has 0 radical (unpaired) electrons. The summed E-state index contributed by atoms with van der Waals surface area (Å²) in [4.78, 5) is 30.7. The number of carboxylic acids is 1. The molecule has 7 nitrogen and oxygen atoms in total. The minimum Gasteiger partial charge on any atom is -0.508 e. The second-order valence-corrected chi connectivity index (χ2v) is 12.1. The summed E-state index contributed by atoms with van der Waals surface area (Å²) in [6, 6.07) is 32.7. The van der Waals surface area contributed by atoms with E-state index in [1.165, 1.54) is 4.90 Å². The van der Waals surface area contributed by atoms with Gasteiger partial charge in [-0.1, -0.05) is 86.6 Å². The number of likely N-dealkylation sites (tertiary alicyclic amines) is 1. The van der Waals surface area contributed by atoms with E-state index in [2.05, 4.69) is 18.7 Å². The Morgan fingerprint density at radius 2 is 1.53 bits per heavy atom. The fourth-order valence-corrected chi connectivity index (χ4v) is 6.34. The molecule has 4 aromatic carbocycles. The van der Waals surface area contributed by atoms with E-state index in [4.69, 9.17) is 4.74 Å². The maximum Gasteiger partial charge on any atom is 0.326 e. The van der Waals surface area contributed by atoms with Gasteiger partial charge in [0.15, 0.2) is 0 Å². The number of phenols is 1. The summed E-state index contributed by atoms with van der Waals surface area (Å²) >= 11 is 0. The first-order valence-corrected chi connectivity index (χ1v) is 15.7. The number of aromatic hydroxyl groups is 1. The van der Waals surface area contributed by atoms with E-state index < -0.39 is 12.0 Å². The summed E-state index contributed by atoms with van der Waals surface area (Å²) in [6.45, 7) is 5.93. The summed E-state index contributed by atoms with van der Waals surface area (Å²) < 4.78 is 6.03. The number of carboxylic acid groups (broad SMARTS) is 1. The molecule has 2 N–H and O–H groups in total. The highest BCUT2D eigenvalue weighted by molar-refractivity contribution is 5.84. The lowest BCUT2D eigenvalue weighted by Crippen LogP contribution is -2.48. The number of para-hydroxylation sites is 1. The van der Waals surface area contributed by atoms with Crippen LogP contribution in [0.5, 0.6) is 17.2 Å². The van der Waals surface area contributed by atoms with E-state index in [1.807, 2.05) is 103 Å². The highest BCUT2D eigenvalue weighted by Gasteiger charge is 2.36. The van der Waals surface area contributed by atoms with Gasteiger partial charge in [-0.05, 0) is 77.9 Å². The van der Waals surface area contributed by atoms with Crippen molar-refractivity contribution in [1.29, 1.82) is 0 Å². The van der Waals surface area contributed by atoms with Gasteiger partial charge in [-0.25, -0.2) is 4.79 Å². The maximum absolute atomic E-state index is 14.1. The number of aliphatic carboxylic acids is 1. The molecule has 0 aliphatic carbocycles. The molecule has 1 saturated heterocycles. The quantitative estimate of drug-likeness (QED) is 0.176. The van der Waals surface area contributed by atoms with Gasteiger partial charge < -0.3 is 19.8 Å². The van der Waals surface area contributed by atoms with E-state index in [1.54, 1.807) is 6.07 Å². The van der Waals surface area contributed by atoms with Crippen molar-refractivity contribution < 1.29 is 24.5 Å². The van der Waals surface area contributed by atoms with E-state index in [9.17, 15) is 19.8 Å². The summed E-state index contributed by atoms with van der Waals surface area (Å²) in [6.07, 6.45) is 1.38. The van der Waals surface area contributed by atoms with Gasteiger partial charge in [-0.2, -0.15) is 0 Å². The third-order valence-corrected chi connectivity index (χ3v) is 8.97. The number of phenolic OH excluding ortho intramolecular Hbond substituents is 1. The third-order valence-electron chi connectivity index (χ3n) is 8.97. The monoisotopic (exact) mass is 606 g/mol. The first-order valence-electron chi connectivity index (χ1n) is 15.7. The molecule has 4 atom stereocenters. The van der Waals surface area contributed by atoms with Crippen LogP contribution in [0.15, 0.2) is 109 Å². The number of ether oxygens (including phenoxy) is 1. The number of hydrogen-bond donors (Lipinski definition) is 2. The summed E-state index contributed by atoms with van der Waals surface area (Å²) in [5, 5.41) is 20.6. The van der Waals surface area contributed by atoms with Crippen molar-refractivity contribution >= 4 is 11.9 Å². The third kappa shape index (κ3) is 8.31. The predicted octanol–water partition coefficient (Wildman–Crippen LogP) is 7.32. The lowest BCUT2D eigenvalue weighted by atomic mass is 9.79. The summed E-state index contributed by atoms with van der Waals surface area (Å²) in [5.41, 5.74) is 2.67. The molecule has 234 valence electrons. The minimum absolute atomic E-state index is 0.0495. The fraction of sp³-hybridized carbons (Fsp3) is 0.316. The number of benzene rings is 4. The zero-order valence-electron chi connectivity index (χ0n) is 26.0. The van der Waals surface area contributed by atoms with Crippen LogP contribution in [-0.4, -0.2) is 51.0 Å². The van der Waals surface area contributed by atoms with Gasteiger partial charge in [-0.15, -0.1) is 0 Å². The summed E-state index contributed by atoms with van der Waals surface area (Å²) in [7, 11) is 0. The van der Waals surface area contributed by atoms with Gasteiger partial charge in [0.25, 0.3) is 0 Å². The smallest absolute Gasteiger partial charge is 0.326 e. The van der Waals surface area contributed by atoms with Crippen molar-refractivity contribution in [2.75, 3.05) is 13.1 Å². The molecule has 1 aliphatic heterocycles. The molecule has 1 unspecified atom stereocenters. The molecule has 0 bridgehead atoms. The van der Waals surface area contributed by atoms with Crippen molar-refractivity contribution in [1.82, 2.24) is 9.80 Å². The summed E-state index contributed by atoms with van der Waals surface area (Å²) in [5.74, 6) is 1.10. The fourth-order valence-electron chi connectivity index (χ4n) is 6.34. The largest absolute Gasteiger partial charge is 0.508 e. The van der Waals surface area contributed by atoms with Gasteiger partial charge in [-0.3, -0.25) is 9.69 Å². The molecule has 0 saturated carbocycles. The van der Waals surface area contributed by atoms with Gasteiger partial charge in [0.2, 0.25) is 5.91 Å². The van der Waals surface area contributed by atoms with Crippen LogP contribution in [0.2, 0.25) is 0 Å². The Bertz CT molecular complexity index is 1560. The van der Waals surface area contributed by atoms with Crippen LogP contribution < -0.4 is 4.74 Å². The van der Waals surface area contributed by atoms with Crippen LogP contribution in [0.1, 0.15) is 49.4 Å². The Kier molecular flexibility index (Phi) is 10.5. The lowest BCUT2D eigenvalue weighted by Gasteiger charge is -2.44. The Hall–Kier alpha value is -4.62. The highest BCUT2D eigenvalue weighted by Crippen LogP contribution is 2.40. The van der Waals surface area contributed by atoms with Crippen LogP contribution in [0, 0.1) is 11.8 Å². The van der Waals surface area contributed by atoms with E-state index in [-0.39, 0.29) is 37.1 Å². The Morgan fingerprint density at radius 1 is 0.867 bits per heavy atom. The standard InChI is InChI=1S/C38H42N2O5/c1-27-19-21-39(37(28(27)2)31-14-10-15-32(41)25-31)22-20-36(42)40(35(38(43)44)24-29-11-5-3-6-12-29)26-30-13-9-18-34(23-30)45-33-16-7-4-8-17-33/h3-18,23,25,27-28,35,37,41H,19-22,24,26H2,1-2H3,(H,43,44)/t27-,28-,35+,37?/m1/s1. The molecule has 1 fully saturated rings. The highest BCUT2D eigenvalue weighted by atomic mass is 16.5. The zero-order chi connectivity index (χ0) is 31.8. The normalized spacial score (nSPS) is 19.0. The number of piperidine rings is 1. The molecule has 45 heavy (non-hydrogen) atoms. The van der Waals surface area contributed by atoms with Crippen LogP contribution in [0.4, 0.5) is 0 Å². The van der Waals surface area contributed by atoms with Crippen molar-refractivity contribution in [3.8, 4) is 17.2 Å². The number of hydrogen-bond acceptors (Lipinski definition) is 5. The lowest BCUT2D eigenvalue weighted by molar-refractivity contribution is -0.151. The molecule has 4 aromatic rings. The van der Waals surface area contributed by atoms with E-state index in [0.29, 0.717) is 29.9 Å². The van der Waals surface area contributed by atoms with Crippen molar-refractivity contribution in [3.63, 3.8) is 0 Å². The van der Waals surface area contributed by atoms with Gasteiger partial charge in [0.1, 0.15) is 23.3 Å². The molecular weight excluding hydrogens is 564 g/mol. The van der Waals surface area contributed by atoms with Gasteiger partial charge in [0, 0.05) is 32.0 Å². The van der Waals surface area contributed by atoms with Gasteiger partial charge in [0.05, 0.1) is 0 Å². The van der Waals surface area contributed by atoms with E-state index in [0.717, 1.165) is 29.7 Å². The molecular formula is C38H42N2O5. The van der Waals surface area contributed by atoms with Gasteiger partial charge >= 0.3 is 5.97 Å². The zero-order valence-corrected chi connectivity index (χ0v) is 26.0. The van der Waals surface area contributed by atoms with Crippen molar-refractivity contribution in [2.45, 2.75) is 51.7 Å². The Labute approximate surface area is 265 Å². The molecule has 1 heterocycles. The second-order valence-electron chi connectivity index (χ2n) is 12.1. The first kappa shape index (κ1) is 31.8. The van der Waals surface area contributed by atoms with Crippen molar-refractivity contribution in [2.24, 2.45) is 11.8 Å². The van der Waals surface area contributed by atoms with Crippen molar-refractivity contribution in [3.05, 3.63) is 126 Å². The van der Waals surface area contributed by atoms with Crippen LogP contribution in [-0.2, 0) is 22.6 Å². The van der Waals surface area contributed by atoms with Crippen LogP contribution >= 0.6 is 0 Å². The van der Waals surface area contributed by atoms with Crippen LogP contribution in [0.3, 0.4) is 0 Å². The molecule has 1 amide bonds. The number of carbonyl (C=O) groups excluding carboxylic acids is 1. The number of carbonyl (C=O) groups is 2. The molecule has 0 aromatic heterocycles. The number of amides is 1. The molecule has 1 aliphatic rings. The number of nitrogens with zero attached hydrogens (tertiary/aromatic N) is 2. The van der Waals surface area contributed by atoms with E-state index >= 15 is 0 Å². The molecule has 5 rings (SSSR count). The molecule has 7 heteroatoms. The Balaban J connectivity index is 1.39. The first-order chi connectivity index (χ1) is 21.8. The Morgan fingerprint density at radius 3 is 2.24 bits per heavy atom. The average molecular weight is 607 g/mol. The molecule has 0 spiro atoms. The predicted molar refractivity (Wildman–Crippen MR) is 175 cm³/mol. The average Bonchev–Trinajstić information content (AvgIpc) is 3.04. The number of rotatable bonds is 12. The minimum atomic E-state index is -1.04. The SMILES string of the molecule is C[C@@H]1CCN(CCC(=O)N(Cc2cccc(Oc3ccccc3)c2)[C@@H](Cc2ccccc2)C(=O)O)C(c2cccc(O)c2)[C@@H]1C. The topological polar surface area (TPSA) is 90.3 Å². The maximum atomic E-state index is 14.1.